The van der Waals surface area contributed by atoms with Gasteiger partial charge in [0.05, 0.1) is 34.1 Å². The van der Waals surface area contributed by atoms with Gasteiger partial charge in [-0.15, -0.1) is 0 Å². The summed E-state index contributed by atoms with van der Waals surface area (Å²) in [5, 5.41) is 10.7. The van der Waals surface area contributed by atoms with Crippen LogP contribution in [0.5, 0.6) is 0 Å². The van der Waals surface area contributed by atoms with Crippen LogP contribution in [0.3, 0.4) is 0 Å². The third-order valence-corrected chi connectivity index (χ3v) is 14.6. The minimum absolute atomic E-state index is 0.778. The van der Waals surface area contributed by atoms with E-state index >= 15 is 0 Å². The van der Waals surface area contributed by atoms with Crippen LogP contribution >= 0.6 is 0 Å². The van der Waals surface area contributed by atoms with Gasteiger partial charge >= 0.3 is 0 Å². The summed E-state index contributed by atoms with van der Waals surface area (Å²) >= 11 is 0. The fraction of sp³-hybridized carbons (Fsp3) is 0. The monoisotopic (exact) mass is 934 g/mol. The van der Waals surface area contributed by atoms with Gasteiger partial charge in [-0.25, -0.2) is 0 Å². The number of hydrogen-bond acceptors (Lipinski definition) is 5. The van der Waals surface area contributed by atoms with Crippen molar-refractivity contribution in [1.82, 2.24) is 0 Å². The van der Waals surface area contributed by atoms with Crippen molar-refractivity contribution >= 4 is 121 Å². The van der Waals surface area contributed by atoms with E-state index < -0.39 is 0 Å². The molecule has 3 aromatic heterocycles. The molecule has 0 radical (unpaired) electrons. The van der Waals surface area contributed by atoms with Gasteiger partial charge in [0.25, 0.3) is 0 Å². The SMILES string of the molecule is c1ccc(-c2ccccc2N(c2cc3oc4cc(N(c5ccccc5-c5ccccc5)c5cccc6c5oc5ccccc56)c5ccccc5c4c3c3ccccc23)c2cccc3c2oc2ccccc23)cc1. The third-order valence-electron chi connectivity index (χ3n) is 14.6. The van der Waals surface area contributed by atoms with E-state index in [2.05, 4.69) is 240 Å². The van der Waals surface area contributed by atoms with Crippen LogP contribution in [0.2, 0.25) is 0 Å². The van der Waals surface area contributed by atoms with Gasteiger partial charge in [0.15, 0.2) is 11.2 Å². The molecule has 15 rings (SSSR count). The lowest BCUT2D eigenvalue weighted by Gasteiger charge is -2.29. The molecule has 342 valence electrons. The molecule has 15 aromatic rings. The number of hydrogen-bond donors (Lipinski definition) is 0. The second-order valence-electron chi connectivity index (χ2n) is 18.7. The Morgan fingerprint density at radius 3 is 1.01 bits per heavy atom. The Hall–Kier alpha value is -9.84. The Morgan fingerprint density at radius 2 is 0.562 bits per heavy atom. The lowest BCUT2D eigenvalue weighted by atomic mass is 9.95. The molecule has 0 atom stereocenters. The molecule has 0 aliphatic heterocycles. The Labute approximate surface area is 419 Å². The van der Waals surface area contributed by atoms with Crippen LogP contribution in [0, 0.1) is 0 Å². The zero-order chi connectivity index (χ0) is 48.0. The molecule has 3 heterocycles. The van der Waals surface area contributed by atoms with E-state index in [1.165, 1.54) is 0 Å². The Bertz CT molecular complexity index is 4350. The second kappa shape index (κ2) is 16.4. The molecule has 5 heteroatoms. The maximum absolute atomic E-state index is 7.39. The first kappa shape index (κ1) is 41.0. The highest BCUT2D eigenvalue weighted by Gasteiger charge is 2.29. The minimum atomic E-state index is 0.778. The van der Waals surface area contributed by atoms with Crippen LogP contribution in [0.15, 0.2) is 268 Å². The summed E-state index contributed by atoms with van der Waals surface area (Å²) in [6.07, 6.45) is 0. The lowest BCUT2D eigenvalue weighted by Crippen LogP contribution is -2.12. The Kier molecular flexibility index (Phi) is 9.19. The summed E-state index contributed by atoms with van der Waals surface area (Å²) < 4.78 is 21.1. The van der Waals surface area contributed by atoms with Crippen LogP contribution in [0.4, 0.5) is 34.1 Å². The molecule has 0 N–H and O–H groups in total. The van der Waals surface area contributed by atoms with Crippen molar-refractivity contribution < 1.29 is 13.3 Å². The first-order valence-corrected chi connectivity index (χ1v) is 24.7. The fourth-order valence-electron chi connectivity index (χ4n) is 11.5. The molecule has 0 unspecified atom stereocenters. The zero-order valence-corrected chi connectivity index (χ0v) is 39.4. The van der Waals surface area contributed by atoms with Gasteiger partial charge in [0, 0.05) is 66.3 Å². The second-order valence-corrected chi connectivity index (χ2v) is 18.7. The number of benzene rings is 12. The summed E-state index contributed by atoms with van der Waals surface area (Å²) in [6.45, 7) is 0. The molecule has 12 aromatic carbocycles. The molecule has 0 spiro atoms. The van der Waals surface area contributed by atoms with E-state index in [9.17, 15) is 0 Å². The molecule has 0 amide bonds. The smallest absolute Gasteiger partial charge is 0.159 e. The van der Waals surface area contributed by atoms with Gasteiger partial charge in [0.2, 0.25) is 0 Å². The molecular weight excluding hydrogens is 893 g/mol. The number of rotatable bonds is 8. The number of anilines is 6. The van der Waals surface area contributed by atoms with E-state index in [4.69, 9.17) is 13.3 Å². The Morgan fingerprint density at radius 1 is 0.219 bits per heavy atom. The van der Waals surface area contributed by atoms with Crippen LogP contribution in [0.25, 0.3) is 110 Å². The molecular formula is C68H42N2O3. The first-order chi connectivity index (χ1) is 36.2. The normalized spacial score (nSPS) is 11.8. The number of nitrogens with zero attached hydrogens (tertiary/aromatic N) is 2. The van der Waals surface area contributed by atoms with E-state index in [1.807, 2.05) is 24.3 Å². The maximum Gasteiger partial charge on any atom is 0.159 e. The molecule has 73 heavy (non-hydrogen) atoms. The average molecular weight is 935 g/mol. The van der Waals surface area contributed by atoms with Gasteiger partial charge in [-0.2, -0.15) is 0 Å². The van der Waals surface area contributed by atoms with Crippen molar-refractivity contribution in [2.45, 2.75) is 0 Å². The quantitative estimate of drug-likeness (QED) is 0.152. The van der Waals surface area contributed by atoms with E-state index in [-0.39, 0.29) is 0 Å². The topological polar surface area (TPSA) is 45.9 Å². The summed E-state index contributed by atoms with van der Waals surface area (Å²) in [4.78, 5) is 4.75. The van der Waals surface area contributed by atoms with Crippen molar-refractivity contribution in [2.24, 2.45) is 0 Å². The van der Waals surface area contributed by atoms with Gasteiger partial charge < -0.3 is 23.1 Å². The van der Waals surface area contributed by atoms with Gasteiger partial charge in [-0.1, -0.05) is 206 Å². The molecule has 0 aliphatic rings. The molecule has 0 bridgehead atoms. The maximum atomic E-state index is 7.39. The molecule has 5 nitrogen and oxygen atoms in total. The average Bonchev–Trinajstić information content (AvgIpc) is 4.16. The van der Waals surface area contributed by atoms with Crippen LogP contribution < -0.4 is 9.80 Å². The number of fused-ring (bicyclic) bond motifs is 13. The summed E-state index contributed by atoms with van der Waals surface area (Å²) in [6, 6.07) is 90.1. The largest absolute Gasteiger partial charge is 0.456 e. The summed E-state index contributed by atoms with van der Waals surface area (Å²) in [5.74, 6) is 0. The predicted molar refractivity (Wildman–Crippen MR) is 304 cm³/mol. The first-order valence-electron chi connectivity index (χ1n) is 24.7. The van der Waals surface area contributed by atoms with Crippen molar-refractivity contribution in [2.75, 3.05) is 9.80 Å². The number of para-hydroxylation sites is 6. The zero-order valence-electron chi connectivity index (χ0n) is 39.4. The molecule has 0 fully saturated rings. The van der Waals surface area contributed by atoms with Crippen molar-refractivity contribution in [3.8, 4) is 22.3 Å². The van der Waals surface area contributed by atoms with Gasteiger partial charge in [0.1, 0.15) is 22.3 Å². The summed E-state index contributed by atoms with van der Waals surface area (Å²) in [5.41, 5.74) is 15.1. The molecule has 0 saturated heterocycles. The Balaban J connectivity index is 1.04. The fourth-order valence-corrected chi connectivity index (χ4v) is 11.5. The van der Waals surface area contributed by atoms with E-state index in [0.29, 0.717) is 0 Å². The standard InChI is InChI=1S/C68H42N2O3/c1-3-21-43(22-4-1)45-25-11-15-35-55(45)69(57-37-19-33-53-49-29-13-17-39-61(49)72-67(53)57)59-41-63-65(51-31-9-7-27-47(51)59)66-52-32-10-8-28-48(52)60(42-64(66)71-63)70(56-36-16-12-26-46(56)44-23-5-2-6-24-44)58-38-20-34-54-50-30-14-18-40-62(50)73-68(54)58/h1-42H. The number of furan rings is 3. The third kappa shape index (κ3) is 6.35. The van der Waals surface area contributed by atoms with Crippen molar-refractivity contribution in [3.63, 3.8) is 0 Å². The highest BCUT2D eigenvalue weighted by Crippen LogP contribution is 2.53. The molecule has 0 saturated carbocycles. The summed E-state index contributed by atoms with van der Waals surface area (Å²) in [7, 11) is 0. The van der Waals surface area contributed by atoms with Crippen LogP contribution in [0.1, 0.15) is 0 Å². The molecule has 0 aliphatic carbocycles. The highest BCUT2D eigenvalue weighted by atomic mass is 16.3. The highest BCUT2D eigenvalue weighted by molar-refractivity contribution is 6.31. The van der Waals surface area contributed by atoms with Crippen molar-refractivity contribution in [3.05, 3.63) is 255 Å². The lowest BCUT2D eigenvalue weighted by molar-refractivity contribution is 0.667. The van der Waals surface area contributed by atoms with Crippen molar-refractivity contribution in [1.29, 1.82) is 0 Å². The van der Waals surface area contributed by atoms with Crippen LogP contribution in [-0.4, -0.2) is 0 Å². The minimum Gasteiger partial charge on any atom is -0.456 e. The van der Waals surface area contributed by atoms with Crippen LogP contribution in [-0.2, 0) is 0 Å². The van der Waals surface area contributed by atoms with Gasteiger partial charge in [-0.3, -0.25) is 0 Å². The van der Waals surface area contributed by atoms with E-state index in [1.54, 1.807) is 0 Å². The van der Waals surface area contributed by atoms with Gasteiger partial charge in [-0.05, 0) is 58.3 Å². The van der Waals surface area contributed by atoms with E-state index in [0.717, 1.165) is 144 Å². The predicted octanol–water partition coefficient (Wildman–Crippen LogP) is 20.0.